The van der Waals surface area contributed by atoms with E-state index in [1.165, 1.54) is 0 Å². The van der Waals surface area contributed by atoms with E-state index in [2.05, 4.69) is 10.2 Å². The first-order chi connectivity index (χ1) is 4.21. The lowest BCUT2D eigenvalue weighted by Gasteiger charge is -2.05. The summed E-state index contributed by atoms with van der Waals surface area (Å²) >= 11 is 0. The molecule has 0 aliphatic carbocycles. The third-order valence-corrected chi connectivity index (χ3v) is 1.22. The summed E-state index contributed by atoms with van der Waals surface area (Å²) in [6.45, 7) is 0.206. The van der Waals surface area contributed by atoms with E-state index in [-0.39, 0.29) is 25.4 Å². The molecular weight excluding hydrogens is 164 g/mol. The van der Waals surface area contributed by atoms with Crippen molar-refractivity contribution in [2.24, 2.45) is 16.0 Å². The number of hydrogen-bond donors (Lipinski definition) is 1. The van der Waals surface area contributed by atoms with Crippen molar-refractivity contribution in [1.82, 2.24) is 0 Å². The summed E-state index contributed by atoms with van der Waals surface area (Å²) in [6, 6.07) is 0. The topological polar surface area (TPSA) is 50.7 Å². The van der Waals surface area contributed by atoms with Crippen LogP contribution in [0.25, 0.3) is 0 Å². The number of alkyl halides is 2. The quantitative estimate of drug-likeness (QED) is 0.681. The summed E-state index contributed by atoms with van der Waals surface area (Å²) in [5.41, 5.74) is 3.63. The molecule has 0 aromatic rings. The van der Waals surface area contributed by atoms with E-state index >= 15 is 0 Å². The van der Waals surface area contributed by atoms with E-state index in [4.69, 9.17) is 5.73 Å². The summed E-state index contributed by atoms with van der Waals surface area (Å²) in [7, 11) is 0. The molecule has 60 valence electrons. The Morgan fingerprint density at radius 1 is 1.40 bits per heavy atom. The van der Waals surface area contributed by atoms with Crippen LogP contribution in [0, 0.1) is 0 Å². The van der Waals surface area contributed by atoms with Crippen LogP contribution < -0.4 is 5.73 Å². The molecule has 0 saturated carbocycles. The summed E-state index contributed by atoms with van der Waals surface area (Å²) in [6.07, 6.45) is -2.33. The minimum atomic E-state index is -2.49. The Bertz CT molecular complexity index is 132. The fourth-order valence-corrected chi connectivity index (χ4v) is 0.573. The Hall–Kier alpha value is -0.290. The largest absolute Gasteiger partial charge is 0.330 e. The Morgan fingerprint density at radius 2 is 1.90 bits per heavy atom. The number of halogens is 3. The van der Waals surface area contributed by atoms with Gasteiger partial charge in [0.2, 0.25) is 0 Å². The summed E-state index contributed by atoms with van der Waals surface area (Å²) in [5, 5.41) is 6.44. The molecule has 1 rings (SSSR count). The van der Waals surface area contributed by atoms with Gasteiger partial charge in [-0.2, -0.15) is 10.2 Å². The number of nitrogens with zero attached hydrogens (tertiary/aromatic N) is 2. The molecule has 0 amide bonds. The van der Waals surface area contributed by atoms with Gasteiger partial charge < -0.3 is 5.73 Å². The molecular formula is C4H8ClF2N3. The van der Waals surface area contributed by atoms with Crippen LogP contribution in [0.2, 0.25) is 0 Å². The van der Waals surface area contributed by atoms with Gasteiger partial charge in [0.05, 0.1) is 0 Å². The molecule has 0 saturated heterocycles. The van der Waals surface area contributed by atoms with Crippen LogP contribution in [-0.2, 0) is 0 Å². The van der Waals surface area contributed by atoms with Crippen LogP contribution in [0.1, 0.15) is 6.42 Å². The average Bonchev–Trinajstić information content (AvgIpc) is 2.49. The summed E-state index contributed by atoms with van der Waals surface area (Å²) in [4.78, 5) is 0. The van der Waals surface area contributed by atoms with Crippen LogP contribution >= 0.6 is 12.4 Å². The van der Waals surface area contributed by atoms with Crippen molar-refractivity contribution >= 4 is 12.4 Å². The highest BCUT2D eigenvalue weighted by Crippen LogP contribution is 2.37. The minimum Gasteiger partial charge on any atom is -0.330 e. The van der Waals surface area contributed by atoms with E-state index in [1.807, 2.05) is 0 Å². The maximum Gasteiger partial charge on any atom is 0.286 e. The molecule has 6 heteroatoms. The maximum absolute atomic E-state index is 11.8. The van der Waals surface area contributed by atoms with Crippen molar-refractivity contribution in [3.8, 4) is 0 Å². The van der Waals surface area contributed by atoms with Gasteiger partial charge in [0.25, 0.3) is 12.1 Å². The van der Waals surface area contributed by atoms with Crippen molar-refractivity contribution < 1.29 is 8.78 Å². The van der Waals surface area contributed by atoms with Crippen molar-refractivity contribution in [3.05, 3.63) is 0 Å². The molecule has 0 radical (unpaired) electrons. The first-order valence-corrected chi connectivity index (χ1v) is 2.63. The summed E-state index contributed by atoms with van der Waals surface area (Å²) in [5.74, 6) is 0. The van der Waals surface area contributed by atoms with Crippen LogP contribution in [0.5, 0.6) is 0 Å². The SMILES string of the molecule is Cl.NCCC1(C(F)F)N=N1. The predicted octanol–water partition coefficient (Wildman–Crippen LogP) is 1.18. The maximum atomic E-state index is 11.8. The summed E-state index contributed by atoms with van der Waals surface area (Å²) < 4.78 is 23.6. The molecule has 1 aliphatic rings. The van der Waals surface area contributed by atoms with Gasteiger partial charge in [-0.1, -0.05) is 0 Å². The zero-order chi connectivity index (χ0) is 6.91. The fraction of sp³-hybridized carbons (Fsp3) is 1.00. The molecule has 0 atom stereocenters. The van der Waals surface area contributed by atoms with E-state index in [0.717, 1.165) is 0 Å². The molecule has 1 aliphatic heterocycles. The lowest BCUT2D eigenvalue weighted by Crippen LogP contribution is -2.25. The fourth-order valence-electron chi connectivity index (χ4n) is 0.573. The standard InChI is InChI=1S/C4H7F2N3.ClH/c5-3(6)4(1-2-7)8-9-4;/h3H,1-2,7H2;1H. The lowest BCUT2D eigenvalue weighted by molar-refractivity contribution is 0.0904. The first kappa shape index (κ1) is 9.71. The Labute approximate surface area is 63.1 Å². The smallest absolute Gasteiger partial charge is 0.286 e. The highest BCUT2D eigenvalue weighted by molar-refractivity contribution is 5.85. The van der Waals surface area contributed by atoms with E-state index in [0.29, 0.717) is 0 Å². The third-order valence-electron chi connectivity index (χ3n) is 1.22. The van der Waals surface area contributed by atoms with E-state index < -0.39 is 12.1 Å². The predicted molar refractivity (Wildman–Crippen MR) is 34.5 cm³/mol. The van der Waals surface area contributed by atoms with Gasteiger partial charge in [-0.15, -0.1) is 12.4 Å². The monoisotopic (exact) mass is 171 g/mol. The second kappa shape index (κ2) is 3.21. The van der Waals surface area contributed by atoms with Crippen LogP contribution in [0.15, 0.2) is 10.2 Å². The Balaban J connectivity index is 0.000000810. The Morgan fingerprint density at radius 3 is 2.00 bits per heavy atom. The average molecular weight is 172 g/mol. The zero-order valence-electron chi connectivity index (χ0n) is 5.13. The van der Waals surface area contributed by atoms with Crippen molar-refractivity contribution in [2.75, 3.05) is 6.54 Å². The van der Waals surface area contributed by atoms with Crippen LogP contribution in [-0.4, -0.2) is 18.6 Å². The molecule has 0 aromatic heterocycles. The number of nitrogens with two attached hydrogens (primary N) is 1. The molecule has 1 heterocycles. The van der Waals surface area contributed by atoms with Crippen LogP contribution in [0.3, 0.4) is 0 Å². The number of hydrogen-bond acceptors (Lipinski definition) is 3. The van der Waals surface area contributed by atoms with Gasteiger partial charge in [0.1, 0.15) is 0 Å². The Kier molecular flexibility index (Phi) is 3.11. The second-order valence-corrected chi connectivity index (χ2v) is 1.92. The van der Waals surface area contributed by atoms with Gasteiger partial charge in [-0.25, -0.2) is 8.78 Å². The second-order valence-electron chi connectivity index (χ2n) is 1.92. The van der Waals surface area contributed by atoms with E-state index in [1.54, 1.807) is 0 Å². The molecule has 0 bridgehead atoms. The third kappa shape index (κ3) is 1.60. The molecule has 3 nitrogen and oxygen atoms in total. The first-order valence-electron chi connectivity index (χ1n) is 2.63. The molecule has 2 N–H and O–H groups in total. The van der Waals surface area contributed by atoms with Crippen molar-refractivity contribution in [1.29, 1.82) is 0 Å². The van der Waals surface area contributed by atoms with Crippen molar-refractivity contribution in [2.45, 2.75) is 18.5 Å². The normalized spacial score (nSPS) is 18.8. The zero-order valence-corrected chi connectivity index (χ0v) is 5.94. The highest BCUT2D eigenvalue weighted by atomic mass is 35.5. The van der Waals surface area contributed by atoms with Crippen LogP contribution in [0.4, 0.5) is 8.78 Å². The van der Waals surface area contributed by atoms with Crippen molar-refractivity contribution in [3.63, 3.8) is 0 Å². The molecule has 10 heavy (non-hydrogen) atoms. The van der Waals surface area contributed by atoms with Gasteiger partial charge in [0.15, 0.2) is 0 Å². The number of rotatable bonds is 3. The van der Waals surface area contributed by atoms with Gasteiger partial charge in [-0.3, -0.25) is 0 Å². The molecule has 0 unspecified atom stereocenters. The minimum absolute atomic E-state index is 0. The van der Waals surface area contributed by atoms with Gasteiger partial charge >= 0.3 is 0 Å². The highest BCUT2D eigenvalue weighted by Gasteiger charge is 2.48. The van der Waals surface area contributed by atoms with Gasteiger partial charge in [0, 0.05) is 6.42 Å². The molecule has 0 spiro atoms. The van der Waals surface area contributed by atoms with Gasteiger partial charge in [-0.05, 0) is 6.54 Å². The molecule has 0 aromatic carbocycles. The molecule has 0 fully saturated rings. The van der Waals surface area contributed by atoms with E-state index in [9.17, 15) is 8.78 Å². The lowest BCUT2D eigenvalue weighted by atomic mass is 10.2.